The Morgan fingerprint density at radius 2 is 2.29 bits per heavy atom. The van der Waals surface area contributed by atoms with Gasteiger partial charge in [0.1, 0.15) is 0 Å². The molecule has 2 nitrogen and oxygen atoms in total. The lowest BCUT2D eigenvalue weighted by Gasteiger charge is -2.26. The zero-order chi connectivity index (χ0) is 9.97. The van der Waals surface area contributed by atoms with Gasteiger partial charge in [-0.05, 0) is 24.5 Å². The number of aliphatic hydroxyl groups excluding tert-OH is 1. The molecule has 0 saturated heterocycles. The van der Waals surface area contributed by atoms with Crippen molar-refractivity contribution in [2.24, 2.45) is 0 Å². The highest BCUT2D eigenvalue weighted by Crippen LogP contribution is 2.30. The monoisotopic (exact) mass is 192 g/mol. The summed E-state index contributed by atoms with van der Waals surface area (Å²) in [4.78, 5) is 0. The van der Waals surface area contributed by atoms with Crippen LogP contribution >= 0.6 is 0 Å². The predicted molar refractivity (Wildman–Crippen MR) is 55.1 cm³/mol. The van der Waals surface area contributed by atoms with Crippen LogP contribution in [0.3, 0.4) is 0 Å². The molecule has 0 saturated carbocycles. The lowest BCUT2D eigenvalue weighted by Crippen LogP contribution is -2.19. The molecule has 2 unspecified atom stereocenters. The molecule has 2 rings (SSSR count). The third-order valence-corrected chi connectivity index (χ3v) is 2.65. The van der Waals surface area contributed by atoms with Crippen LogP contribution in [0.4, 0.5) is 0 Å². The highest BCUT2D eigenvalue weighted by atomic mass is 16.5. The second-order valence-corrected chi connectivity index (χ2v) is 3.89. The third-order valence-electron chi connectivity index (χ3n) is 2.65. The van der Waals surface area contributed by atoms with E-state index in [0.717, 1.165) is 13.0 Å². The predicted octanol–water partition coefficient (Wildman–Crippen LogP) is 2.07. The van der Waals surface area contributed by atoms with Crippen molar-refractivity contribution in [1.82, 2.24) is 0 Å². The number of hydrogen-bond acceptors (Lipinski definition) is 2. The molecule has 2 atom stereocenters. The van der Waals surface area contributed by atoms with Gasteiger partial charge in [0.2, 0.25) is 0 Å². The van der Waals surface area contributed by atoms with E-state index >= 15 is 0 Å². The zero-order valence-corrected chi connectivity index (χ0v) is 8.44. The lowest BCUT2D eigenvalue weighted by atomic mass is 9.94. The highest BCUT2D eigenvalue weighted by Gasteiger charge is 2.21. The fraction of sp³-hybridized carbons (Fsp3) is 0.500. The van der Waals surface area contributed by atoms with Crippen LogP contribution in [0.25, 0.3) is 0 Å². The first kappa shape index (κ1) is 9.69. The fourth-order valence-corrected chi connectivity index (χ4v) is 1.98. The number of benzene rings is 1. The Morgan fingerprint density at radius 3 is 3.07 bits per heavy atom. The summed E-state index contributed by atoms with van der Waals surface area (Å²) >= 11 is 0. The molecule has 76 valence electrons. The van der Waals surface area contributed by atoms with Crippen molar-refractivity contribution in [3.05, 3.63) is 35.4 Å². The summed E-state index contributed by atoms with van der Waals surface area (Å²) in [6.07, 6.45) is 1.47. The van der Waals surface area contributed by atoms with E-state index in [0.29, 0.717) is 6.42 Å². The summed E-state index contributed by atoms with van der Waals surface area (Å²) in [6, 6.07) is 8.33. The summed E-state index contributed by atoms with van der Waals surface area (Å²) in [5, 5.41) is 9.35. The minimum atomic E-state index is -0.300. The number of rotatable bonds is 2. The number of hydrogen-bond donors (Lipinski definition) is 1. The molecule has 0 aliphatic carbocycles. The average molecular weight is 192 g/mol. The van der Waals surface area contributed by atoms with E-state index in [9.17, 15) is 5.11 Å². The van der Waals surface area contributed by atoms with Crippen molar-refractivity contribution >= 4 is 0 Å². The van der Waals surface area contributed by atoms with Crippen LogP contribution < -0.4 is 0 Å². The molecule has 1 aliphatic rings. The van der Waals surface area contributed by atoms with Crippen LogP contribution in [0.1, 0.15) is 30.6 Å². The maximum atomic E-state index is 9.35. The van der Waals surface area contributed by atoms with Crippen LogP contribution in [0.5, 0.6) is 0 Å². The van der Waals surface area contributed by atoms with Crippen molar-refractivity contribution in [1.29, 1.82) is 0 Å². The van der Waals surface area contributed by atoms with Crippen molar-refractivity contribution in [2.75, 3.05) is 6.61 Å². The van der Waals surface area contributed by atoms with Crippen LogP contribution in [-0.2, 0) is 11.2 Å². The molecule has 0 aromatic heterocycles. The molecule has 1 aromatic rings. The van der Waals surface area contributed by atoms with Gasteiger partial charge in [-0.25, -0.2) is 0 Å². The van der Waals surface area contributed by atoms with E-state index in [1.165, 1.54) is 11.1 Å². The minimum absolute atomic E-state index is 0.0833. The molecule has 14 heavy (non-hydrogen) atoms. The Hall–Kier alpha value is -0.860. The van der Waals surface area contributed by atoms with Crippen molar-refractivity contribution in [2.45, 2.75) is 32.0 Å². The third kappa shape index (κ3) is 1.97. The molecule has 1 aliphatic heterocycles. The molecular weight excluding hydrogens is 176 g/mol. The van der Waals surface area contributed by atoms with Gasteiger partial charge in [-0.3, -0.25) is 0 Å². The Labute approximate surface area is 84.5 Å². The summed E-state index contributed by atoms with van der Waals surface area (Å²) in [5.74, 6) is 0. The summed E-state index contributed by atoms with van der Waals surface area (Å²) in [6.45, 7) is 2.58. The van der Waals surface area contributed by atoms with Crippen LogP contribution in [0, 0.1) is 0 Å². The fourth-order valence-electron chi connectivity index (χ4n) is 1.98. The van der Waals surface area contributed by atoms with Crippen LogP contribution in [0.2, 0.25) is 0 Å². The lowest BCUT2D eigenvalue weighted by molar-refractivity contribution is 0.00850. The maximum absolute atomic E-state index is 9.35. The first-order valence-corrected chi connectivity index (χ1v) is 5.15. The molecule has 0 bridgehead atoms. The van der Waals surface area contributed by atoms with Crippen molar-refractivity contribution in [3.8, 4) is 0 Å². The highest BCUT2D eigenvalue weighted by molar-refractivity contribution is 5.30. The normalized spacial score (nSPS) is 22.9. The summed E-state index contributed by atoms with van der Waals surface area (Å²) in [7, 11) is 0. The van der Waals surface area contributed by atoms with E-state index < -0.39 is 0 Å². The number of fused-ring (bicyclic) bond motifs is 1. The first-order valence-electron chi connectivity index (χ1n) is 5.15. The number of aliphatic hydroxyl groups is 1. The van der Waals surface area contributed by atoms with E-state index in [-0.39, 0.29) is 12.2 Å². The van der Waals surface area contributed by atoms with Gasteiger partial charge in [0.25, 0.3) is 0 Å². The Balaban J connectivity index is 2.22. The van der Waals surface area contributed by atoms with E-state index in [1.807, 2.05) is 6.07 Å². The topological polar surface area (TPSA) is 29.5 Å². The average Bonchev–Trinajstić information content (AvgIpc) is 2.18. The van der Waals surface area contributed by atoms with Crippen molar-refractivity contribution in [3.63, 3.8) is 0 Å². The molecule has 0 radical (unpaired) electrons. The SMILES string of the molecule is CC(O)CC1OCCc2ccccc21. The van der Waals surface area contributed by atoms with Crippen molar-refractivity contribution < 1.29 is 9.84 Å². The van der Waals surface area contributed by atoms with E-state index in [2.05, 4.69) is 18.2 Å². The first-order chi connectivity index (χ1) is 6.77. The van der Waals surface area contributed by atoms with Gasteiger partial charge < -0.3 is 9.84 Å². The largest absolute Gasteiger partial charge is 0.393 e. The molecule has 0 fully saturated rings. The quantitative estimate of drug-likeness (QED) is 0.777. The van der Waals surface area contributed by atoms with Gasteiger partial charge in [-0.15, -0.1) is 0 Å². The summed E-state index contributed by atoms with van der Waals surface area (Å²) < 4.78 is 5.66. The molecule has 0 amide bonds. The Morgan fingerprint density at radius 1 is 1.50 bits per heavy atom. The summed E-state index contributed by atoms with van der Waals surface area (Å²) in [5.41, 5.74) is 2.61. The van der Waals surface area contributed by atoms with Gasteiger partial charge in [0, 0.05) is 6.42 Å². The van der Waals surface area contributed by atoms with Gasteiger partial charge in [-0.1, -0.05) is 24.3 Å². The minimum Gasteiger partial charge on any atom is -0.393 e. The number of ether oxygens (including phenoxy) is 1. The van der Waals surface area contributed by atoms with Gasteiger partial charge in [-0.2, -0.15) is 0 Å². The van der Waals surface area contributed by atoms with Gasteiger partial charge >= 0.3 is 0 Å². The second-order valence-electron chi connectivity index (χ2n) is 3.89. The smallest absolute Gasteiger partial charge is 0.0852 e. The van der Waals surface area contributed by atoms with E-state index in [1.54, 1.807) is 6.92 Å². The van der Waals surface area contributed by atoms with E-state index in [4.69, 9.17) is 4.74 Å². The molecule has 2 heteroatoms. The molecule has 1 heterocycles. The molecule has 1 aromatic carbocycles. The van der Waals surface area contributed by atoms with Crippen LogP contribution in [-0.4, -0.2) is 17.8 Å². The molecule has 0 spiro atoms. The van der Waals surface area contributed by atoms with Gasteiger partial charge in [0.15, 0.2) is 0 Å². The van der Waals surface area contributed by atoms with Crippen LogP contribution in [0.15, 0.2) is 24.3 Å². The second kappa shape index (κ2) is 4.11. The Kier molecular flexibility index (Phi) is 2.85. The standard InChI is InChI=1S/C12H16O2/c1-9(13)8-12-11-5-3-2-4-10(11)6-7-14-12/h2-5,9,12-13H,6-8H2,1H3. The Bertz CT molecular complexity index is 307. The maximum Gasteiger partial charge on any atom is 0.0852 e. The van der Waals surface area contributed by atoms with Gasteiger partial charge in [0.05, 0.1) is 18.8 Å². The molecule has 1 N–H and O–H groups in total. The zero-order valence-electron chi connectivity index (χ0n) is 8.44. The molecular formula is C12H16O2.